The van der Waals surface area contributed by atoms with Crippen LogP contribution in [-0.2, 0) is 6.42 Å². The van der Waals surface area contributed by atoms with Crippen LogP contribution in [-0.4, -0.2) is 30.1 Å². The first-order chi connectivity index (χ1) is 9.58. The number of halogens is 1. The molecule has 3 heteroatoms. The second kappa shape index (κ2) is 4.91. The van der Waals surface area contributed by atoms with Crippen LogP contribution >= 0.6 is 0 Å². The Morgan fingerprint density at radius 1 is 1.15 bits per heavy atom. The van der Waals surface area contributed by atoms with Gasteiger partial charge in [-0.25, -0.2) is 4.39 Å². The van der Waals surface area contributed by atoms with Gasteiger partial charge in [0.1, 0.15) is 0 Å². The Labute approximate surface area is 118 Å². The van der Waals surface area contributed by atoms with Gasteiger partial charge in [0.25, 0.3) is 0 Å². The van der Waals surface area contributed by atoms with Crippen molar-refractivity contribution in [1.82, 2.24) is 4.90 Å². The normalized spacial score (nSPS) is 21.2. The lowest BCUT2D eigenvalue weighted by atomic mass is 9.89. The van der Waals surface area contributed by atoms with Crippen molar-refractivity contribution in [3.63, 3.8) is 0 Å². The topological polar surface area (TPSA) is 23.5 Å². The first kappa shape index (κ1) is 13.1. The number of benzene rings is 2. The van der Waals surface area contributed by atoms with E-state index < -0.39 is 5.82 Å². The summed E-state index contributed by atoms with van der Waals surface area (Å²) in [4.78, 5) is 2.17. The van der Waals surface area contributed by atoms with Crippen LogP contribution < -0.4 is 0 Å². The molecule has 0 spiro atoms. The maximum atomic E-state index is 13.6. The predicted octanol–water partition coefficient (Wildman–Crippen LogP) is 3.15. The molecular weight excluding hydrogens is 253 g/mol. The molecular formula is C17H18FNO. The van der Waals surface area contributed by atoms with Crippen molar-refractivity contribution in [2.75, 3.05) is 14.1 Å². The van der Waals surface area contributed by atoms with Crippen molar-refractivity contribution in [3.05, 3.63) is 65.0 Å². The molecule has 0 saturated carbocycles. The molecule has 0 unspecified atom stereocenters. The molecule has 3 rings (SSSR count). The molecule has 2 atom stereocenters. The van der Waals surface area contributed by atoms with E-state index >= 15 is 0 Å². The van der Waals surface area contributed by atoms with Crippen LogP contribution in [0.15, 0.2) is 42.5 Å². The summed E-state index contributed by atoms with van der Waals surface area (Å²) in [7, 11) is 4.09. The molecule has 0 fully saturated rings. The highest BCUT2D eigenvalue weighted by atomic mass is 19.1. The summed E-state index contributed by atoms with van der Waals surface area (Å²) in [5.41, 5.74) is 3.23. The first-order valence-corrected chi connectivity index (χ1v) is 6.80. The molecule has 1 aliphatic rings. The highest BCUT2D eigenvalue weighted by molar-refractivity contribution is 5.48. The monoisotopic (exact) mass is 271 g/mol. The Morgan fingerprint density at radius 2 is 1.85 bits per heavy atom. The number of phenolic OH excluding ortho intramolecular Hbond substituents is 1. The van der Waals surface area contributed by atoms with E-state index in [4.69, 9.17) is 0 Å². The SMILES string of the molecule is CN(C)[C@@H]1Cc2cc(F)c(O)cc2[C@H]1c1ccccc1. The van der Waals surface area contributed by atoms with Crippen LogP contribution in [0.5, 0.6) is 5.75 Å². The number of aromatic hydroxyl groups is 1. The molecule has 0 radical (unpaired) electrons. The van der Waals surface area contributed by atoms with Crippen LogP contribution in [0.2, 0.25) is 0 Å². The number of hydrogen-bond acceptors (Lipinski definition) is 2. The van der Waals surface area contributed by atoms with Crippen LogP contribution in [0.1, 0.15) is 22.6 Å². The van der Waals surface area contributed by atoms with Crippen molar-refractivity contribution in [3.8, 4) is 5.75 Å². The third kappa shape index (κ3) is 2.08. The van der Waals surface area contributed by atoms with Crippen LogP contribution in [0, 0.1) is 5.82 Å². The highest BCUT2D eigenvalue weighted by Crippen LogP contribution is 2.42. The molecule has 0 saturated heterocycles. The fraction of sp³-hybridized carbons (Fsp3) is 0.294. The molecule has 20 heavy (non-hydrogen) atoms. The quantitative estimate of drug-likeness (QED) is 0.907. The summed E-state index contributed by atoms with van der Waals surface area (Å²) < 4.78 is 13.6. The highest BCUT2D eigenvalue weighted by Gasteiger charge is 2.35. The van der Waals surface area contributed by atoms with Crippen molar-refractivity contribution in [2.45, 2.75) is 18.4 Å². The Balaban J connectivity index is 2.13. The summed E-state index contributed by atoms with van der Waals surface area (Å²) in [6, 6.07) is 13.6. The number of likely N-dealkylation sites (N-methyl/N-ethyl adjacent to an activating group) is 1. The maximum Gasteiger partial charge on any atom is 0.165 e. The molecule has 0 aliphatic heterocycles. The van der Waals surface area contributed by atoms with Gasteiger partial charge in [-0.15, -0.1) is 0 Å². The number of nitrogens with zero attached hydrogens (tertiary/aromatic N) is 1. The van der Waals surface area contributed by atoms with E-state index in [0.29, 0.717) is 0 Å². The van der Waals surface area contributed by atoms with E-state index in [-0.39, 0.29) is 17.7 Å². The molecule has 0 amide bonds. The summed E-state index contributed by atoms with van der Waals surface area (Å²) in [6.07, 6.45) is 0.805. The molecule has 2 aromatic carbocycles. The van der Waals surface area contributed by atoms with E-state index in [1.165, 1.54) is 11.6 Å². The zero-order chi connectivity index (χ0) is 14.3. The summed E-state index contributed by atoms with van der Waals surface area (Å²) >= 11 is 0. The minimum atomic E-state index is -0.532. The molecule has 0 heterocycles. The molecule has 1 N–H and O–H groups in total. The van der Waals surface area contributed by atoms with Crippen molar-refractivity contribution >= 4 is 0 Å². The third-order valence-corrected chi connectivity index (χ3v) is 4.18. The van der Waals surface area contributed by atoms with Gasteiger partial charge in [-0.3, -0.25) is 0 Å². The van der Waals surface area contributed by atoms with E-state index in [0.717, 1.165) is 17.5 Å². The number of rotatable bonds is 2. The number of phenols is 1. The summed E-state index contributed by atoms with van der Waals surface area (Å²) in [6.45, 7) is 0. The molecule has 1 aliphatic carbocycles. The van der Waals surface area contributed by atoms with Gasteiger partial charge in [-0.2, -0.15) is 0 Å². The average Bonchev–Trinajstić information content (AvgIpc) is 2.79. The standard InChI is InChI=1S/C17H18FNO/c1-19(2)15-9-12-8-14(18)16(20)10-13(12)17(15)11-6-4-3-5-7-11/h3-8,10,15,17,20H,9H2,1-2H3/t15-,17-/m1/s1. The molecule has 104 valence electrons. The number of fused-ring (bicyclic) bond motifs is 1. The van der Waals surface area contributed by atoms with Crippen molar-refractivity contribution < 1.29 is 9.50 Å². The maximum absolute atomic E-state index is 13.6. The average molecular weight is 271 g/mol. The van der Waals surface area contributed by atoms with Gasteiger partial charge < -0.3 is 10.0 Å². The number of hydrogen-bond donors (Lipinski definition) is 1. The Kier molecular flexibility index (Phi) is 3.22. The third-order valence-electron chi connectivity index (χ3n) is 4.18. The minimum Gasteiger partial charge on any atom is -0.505 e. The summed E-state index contributed by atoms with van der Waals surface area (Å²) in [5.74, 6) is -0.619. The van der Waals surface area contributed by atoms with Gasteiger partial charge in [0.15, 0.2) is 11.6 Å². The molecule has 2 aromatic rings. The van der Waals surface area contributed by atoms with Crippen LogP contribution in [0.4, 0.5) is 4.39 Å². The van der Waals surface area contributed by atoms with Gasteiger partial charge in [0.2, 0.25) is 0 Å². The Morgan fingerprint density at radius 3 is 2.50 bits per heavy atom. The molecule has 2 nitrogen and oxygen atoms in total. The van der Waals surface area contributed by atoms with Gasteiger partial charge >= 0.3 is 0 Å². The largest absolute Gasteiger partial charge is 0.505 e. The first-order valence-electron chi connectivity index (χ1n) is 6.80. The second-order valence-electron chi connectivity index (χ2n) is 5.63. The molecule has 0 bridgehead atoms. The van der Waals surface area contributed by atoms with Gasteiger partial charge in [-0.1, -0.05) is 30.3 Å². The smallest absolute Gasteiger partial charge is 0.165 e. The zero-order valence-electron chi connectivity index (χ0n) is 11.7. The Hall–Kier alpha value is -1.87. The lowest BCUT2D eigenvalue weighted by molar-refractivity contribution is 0.283. The lowest BCUT2D eigenvalue weighted by Gasteiger charge is -2.27. The summed E-state index contributed by atoms with van der Waals surface area (Å²) in [5, 5.41) is 9.68. The predicted molar refractivity (Wildman–Crippen MR) is 77.5 cm³/mol. The van der Waals surface area contributed by atoms with Crippen molar-refractivity contribution in [1.29, 1.82) is 0 Å². The van der Waals surface area contributed by atoms with Crippen LogP contribution in [0.3, 0.4) is 0 Å². The molecule has 0 aromatic heterocycles. The Bertz CT molecular complexity index is 624. The van der Waals surface area contributed by atoms with E-state index in [1.54, 1.807) is 6.07 Å². The van der Waals surface area contributed by atoms with Gasteiger partial charge in [-0.05, 0) is 49.3 Å². The second-order valence-corrected chi connectivity index (χ2v) is 5.63. The lowest BCUT2D eigenvalue weighted by Crippen LogP contribution is -2.32. The van der Waals surface area contributed by atoms with Crippen molar-refractivity contribution in [2.24, 2.45) is 0 Å². The van der Waals surface area contributed by atoms with E-state index in [9.17, 15) is 9.50 Å². The fourth-order valence-electron chi connectivity index (χ4n) is 3.18. The van der Waals surface area contributed by atoms with Gasteiger partial charge in [0.05, 0.1) is 0 Å². The van der Waals surface area contributed by atoms with Gasteiger partial charge in [0, 0.05) is 12.0 Å². The zero-order valence-corrected chi connectivity index (χ0v) is 11.7. The van der Waals surface area contributed by atoms with E-state index in [1.807, 2.05) is 32.3 Å². The van der Waals surface area contributed by atoms with Crippen LogP contribution in [0.25, 0.3) is 0 Å². The van der Waals surface area contributed by atoms with E-state index in [2.05, 4.69) is 17.0 Å². The minimum absolute atomic E-state index is 0.174. The fourth-order valence-corrected chi connectivity index (χ4v) is 3.18.